The number of pyridine rings is 1. The average Bonchev–Trinajstić information content (AvgIpc) is 2.24. The van der Waals surface area contributed by atoms with Gasteiger partial charge in [-0.15, -0.1) is 0 Å². The van der Waals surface area contributed by atoms with Crippen molar-refractivity contribution in [3.05, 3.63) is 22.8 Å². The molecule has 1 amide bonds. The van der Waals surface area contributed by atoms with Crippen molar-refractivity contribution in [1.29, 1.82) is 0 Å². The fourth-order valence-corrected chi connectivity index (χ4v) is 1.53. The zero-order chi connectivity index (χ0) is 12.1. The van der Waals surface area contributed by atoms with Crippen LogP contribution in [-0.2, 0) is 0 Å². The SMILES string of the molecule is CCCCN(C)c1cc(C(N)=O)cc(Cl)n1. The summed E-state index contributed by atoms with van der Waals surface area (Å²) >= 11 is 5.83. The summed E-state index contributed by atoms with van der Waals surface area (Å²) in [7, 11) is 1.92. The van der Waals surface area contributed by atoms with E-state index in [0.29, 0.717) is 11.4 Å². The van der Waals surface area contributed by atoms with Crippen molar-refractivity contribution in [3.63, 3.8) is 0 Å². The summed E-state index contributed by atoms with van der Waals surface area (Å²) in [5, 5.41) is 0.287. The first kappa shape index (κ1) is 12.8. The Morgan fingerprint density at radius 1 is 1.56 bits per heavy atom. The number of carbonyl (C=O) groups is 1. The maximum Gasteiger partial charge on any atom is 0.248 e. The van der Waals surface area contributed by atoms with Crippen molar-refractivity contribution in [2.75, 3.05) is 18.5 Å². The molecule has 0 saturated carbocycles. The molecule has 0 unspecified atom stereocenters. The average molecular weight is 242 g/mol. The van der Waals surface area contributed by atoms with Crippen molar-refractivity contribution < 1.29 is 4.79 Å². The number of carbonyl (C=O) groups excluding carboxylic acids is 1. The van der Waals surface area contributed by atoms with Crippen LogP contribution >= 0.6 is 11.6 Å². The Balaban J connectivity index is 2.91. The Morgan fingerprint density at radius 2 is 2.25 bits per heavy atom. The van der Waals surface area contributed by atoms with E-state index in [1.54, 1.807) is 6.07 Å². The summed E-state index contributed by atoms with van der Waals surface area (Å²) in [6, 6.07) is 3.13. The molecule has 0 spiro atoms. The molecule has 0 bridgehead atoms. The van der Waals surface area contributed by atoms with E-state index in [2.05, 4.69) is 11.9 Å². The highest BCUT2D eigenvalue weighted by Crippen LogP contribution is 2.17. The molecule has 1 aromatic rings. The van der Waals surface area contributed by atoms with E-state index in [-0.39, 0.29) is 5.15 Å². The van der Waals surface area contributed by atoms with Gasteiger partial charge in [-0.2, -0.15) is 0 Å². The van der Waals surface area contributed by atoms with Gasteiger partial charge in [0.25, 0.3) is 0 Å². The fourth-order valence-electron chi connectivity index (χ4n) is 1.33. The molecule has 16 heavy (non-hydrogen) atoms. The number of halogens is 1. The van der Waals surface area contributed by atoms with Crippen LogP contribution < -0.4 is 10.6 Å². The minimum absolute atomic E-state index is 0.287. The summed E-state index contributed by atoms with van der Waals surface area (Å²) in [6.45, 7) is 3.00. The molecule has 0 atom stereocenters. The quantitative estimate of drug-likeness (QED) is 0.803. The lowest BCUT2D eigenvalue weighted by molar-refractivity contribution is 0.1000. The second-order valence-corrected chi connectivity index (χ2v) is 4.06. The van der Waals surface area contributed by atoms with Gasteiger partial charge in [-0.3, -0.25) is 4.79 Å². The zero-order valence-corrected chi connectivity index (χ0v) is 10.3. The van der Waals surface area contributed by atoms with Crippen LogP contribution in [0.1, 0.15) is 30.1 Å². The monoisotopic (exact) mass is 241 g/mol. The van der Waals surface area contributed by atoms with Crippen molar-refractivity contribution in [2.24, 2.45) is 5.73 Å². The second-order valence-electron chi connectivity index (χ2n) is 3.68. The number of anilines is 1. The van der Waals surface area contributed by atoms with Crippen LogP contribution in [0.2, 0.25) is 5.15 Å². The Bertz CT molecular complexity index is 381. The largest absolute Gasteiger partial charge is 0.366 e. The van der Waals surface area contributed by atoms with E-state index in [1.807, 2.05) is 11.9 Å². The minimum Gasteiger partial charge on any atom is -0.366 e. The fraction of sp³-hybridized carbons (Fsp3) is 0.455. The zero-order valence-electron chi connectivity index (χ0n) is 9.53. The van der Waals surface area contributed by atoms with Gasteiger partial charge in [0, 0.05) is 19.2 Å². The van der Waals surface area contributed by atoms with E-state index in [4.69, 9.17) is 17.3 Å². The van der Waals surface area contributed by atoms with Crippen molar-refractivity contribution in [3.8, 4) is 0 Å². The van der Waals surface area contributed by atoms with E-state index < -0.39 is 5.91 Å². The summed E-state index contributed by atoms with van der Waals surface area (Å²) in [4.78, 5) is 17.2. The van der Waals surface area contributed by atoms with Gasteiger partial charge < -0.3 is 10.6 Å². The maximum absolute atomic E-state index is 11.1. The van der Waals surface area contributed by atoms with Crippen LogP contribution in [0.4, 0.5) is 5.82 Å². The minimum atomic E-state index is -0.491. The number of amides is 1. The third-order valence-electron chi connectivity index (χ3n) is 2.30. The van der Waals surface area contributed by atoms with Crippen LogP contribution in [-0.4, -0.2) is 24.5 Å². The van der Waals surface area contributed by atoms with Gasteiger partial charge in [0.15, 0.2) is 0 Å². The number of rotatable bonds is 5. The Hall–Kier alpha value is -1.29. The van der Waals surface area contributed by atoms with Gasteiger partial charge in [0.2, 0.25) is 5.91 Å². The van der Waals surface area contributed by atoms with Gasteiger partial charge in [0.1, 0.15) is 11.0 Å². The van der Waals surface area contributed by atoms with E-state index in [0.717, 1.165) is 19.4 Å². The molecule has 1 rings (SSSR count). The van der Waals surface area contributed by atoms with Crippen LogP contribution in [0.3, 0.4) is 0 Å². The molecule has 0 aliphatic rings. The normalized spacial score (nSPS) is 10.2. The van der Waals surface area contributed by atoms with Crippen LogP contribution in [0, 0.1) is 0 Å². The van der Waals surface area contributed by atoms with Gasteiger partial charge in [-0.25, -0.2) is 4.98 Å². The van der Waals surface area contributed by atoms with Gasteiger partial charge >= 0.3 is 0 Å². The number of aromatic nitrogens is 1. The third kappa shape index (κ3) is 3.38. The second kappa shape index (κ2) is 5.70. The molecule has 0 radical (unpaired) electrons. The first-order chi connectivity index (χ1) is 7.54. The predicted molar refractivity (Wildman–Crippen MR) is 65.9 cm³/mol. The number of hydrogen-bond acceptors (Lipinski definition) is 3. The van der Waals surface area contributed by atoms with Gasteiger partial charge in [0.05, 0.1) is 0 Å². The topological polar surface area (TPSA) is 59.2 Å². The Kier molecular flexibility index (Phi) is 4.55. The molecule has 5 heteroatoms. The molecule has 0 fully saturated rings. The van der Waals surface area contributed by atoms with Crippen LogP contribution in [0.25, 0.3) is 0 Å². The molecule has 0 aliphatic heterocycles. The lowest BCUT2D eigenvalue weighted by Gasteiger charge is -2.18. The standard InChI is InChI=1S/C11H16ClN3O/c1-3-4-5-15(2)10-7-8(11(13)16)6-9(12)14-10/h6-7H,3-5H2,1-2H3,(H2,13,16). The molecule has 0 aromatic carbocycles. The number of unbranched alkanes of at least 4 members (excludes halogenated alkanes) is 1. The highest BCUT2D eigenvalue weighted by molar-refractivity contribution is 6.29. The Labute approximate surface area is 100 Å². The lowest BCUT2D eigenvalue weighted by atomic mass is 10.2. The number of primary amides is 1. The third-order valence-corrected chi connectivity index (χ3v) is 2.50. The van der Waals surface area contributed by atoms with E-state index in [9.17, 15) is 4.79 Å². The summed E-state index contributed by atoms with van der Waals surface area (Å²) in [5.41, 5.74) is 5.60. The molecule has 0 aliphatic carbocycles. The molecular weight excluding hydrogens is 226 g/mol. The summed E-state index contributed by atoms with van der Waals surface area (Å²) in [6.07, 6.45) is 2.17. The van der Waals surface area contributed by atoms with Crippen molar-refractivity contribution >= 4 is 23.3 Å². The van der Waals surface area contributed by atoms with Gasteiger partial charge in [-0.1, -0.05) is 24.9 Å². The van der Waals surface area contributed by atoms with E-state index >= 15 is 0 Å². The first-order valence-electron chi connectivity index (χ1n) is 5.23. The summed E-state index contributed by atoms with van der Waals surface area (Å²) in [5.74, 6) is 0.184. The molecule has 88 valence electrons. The molecule has 0 saturated heterocycles. The number of hydrogen-bond donors (Lipinski definition) is 1. The van der Waals surface area contributed by atoms with Crippen molar-refractivity contribution in [1.82, 2.24) is 4.98 Å². The molecule has 4 nitrogen and oxygen atoms in total. The molecule has 2 N–H and O–H groups in total. The number of nitrogens with two attached hydrogens (primary N) is 1. The van der Waals surface area contributed by atoms with Crippen LogP contribution in [0.5, 0.6) is 0 Å². The smallest absolute Gasteiger partial charge is 0.248 e. The van der Waals surface area contributed by atoms with E-state index in [1.165, 1.54) is 6.07 Å². The number of nitrogens with zero attached hydrogens (tertiary/aromatic N) is 2. The molecular formula is C11H16ClN3O. The highest BCUT2D eigenvalue weighted by atomic mass is 35.5. The Morgan fingerprint density at radius 3 is 2.81 bits per heavy atom. The molecule has 1 heterocycles. The highest BCUT2D eigenvalue weighted by Gasteiger charge is 2.08. The van der Waals surface area contributed by atoms with Crippen LogP contribution in [0.15, 0.2) is 12.1 Å². The van der Waals surface area contributed by atoms with Gasteiger partial charge in [-0.05, 0) is 18.6 Å². The van der Waals surface area contributed by atoms with Crippen molar-refractivity contribution in [2.45, 2.75) is 19.8 Å². The lowest BCUT2D eigenvalue weighted by Crippen LogP contribution is -2.21. The maximum atomic E-state index is 11.1. The molecule has 1 aromatic heterocycles. The summed E-state index contributed by atoms with van der Waals surface area (Å²) < 4.78 is 0. The first-order valence-corrected chi connectivity index (χ1v) is 5.61. The predicted octanol–water partition coefficient (Wildman–Crippen LogP) is 2.07.